The number of ether oxygens (including phenoxy) is 1. The maximum Gasteiger partial charge on any atom is 0.177 e. The Kier molecular flexibility index (Phi) is 2.54. The second-order valence-corrected chi connectivity index (χ2v) is 6.51. The zero-order chi connectivity index (χ0) is 10.6. The van der Waals surface area contributed by atoms with Crippen LogP contribution in [-0.4, -0.2) is 19.0 Å². The van der Waals surface area contributed by atoms with Gasteiger partial charge in [-0.2, -0.15) is 0 Å². The SMILES string of the molecule is O=C(c1scc(Br)c1Br)C1C2COCC21. The summed E-state index contributed by atoms with van der Waals surface area (Å²) in [7, 11) is 0. The minimum atomic E-state index is 0.223. The average molecular weight is 352 g/mol. The molecule has 1 aliphatic carbocycles. The van der Waals surface area contributed by atoms with Gasteiger partial charge in [-0.15, -0.1) is 11.3 Å². The van der Waals surface area contributed by atoms with E-state index in [9.17, 15) is 4.79 Å². The molecule has 1 aromatic rings. The Bertz CT molecular complexity index is 419. The van der Waals surface area contributed by atoms with E-state index in [0.29, 0.717) is 11.8 Å². The van der Waals surface area contributed by atoms with Gasteiger partial charge in [0.1, 0.15) is 0 Å². The number of hydrogen-bond donors (Lipinski definition) is 0. The maximum atomic E-state index is 12.2. The fourth-order valence-corrected chi connectivity index (χ4v) is 4.43. The maximum absolute atomic E-state index is 12.2. The van der Waals surface area contributed by atoms with Gasteiger partial charge in [-0.25, -0.2) is 0 Å². The van der Waals surface area contributed by atoms with Crippen molar-refractivity contribution in [1.82, 2.24) is 0 Å². The first-order chi connectivity index (χ1) is 7.20. The summed E-state index contributed by atoms with van der Waals surface area (Å²) in [6, 6.07) is 0. The summed E-state index contributed by atoms with van der Waals surface area (Å²) in [4.78, 5) is 13.0. The molecule has 2 heterocycles. The molecule has 1 aliphatic heterocycles. The minimum Gasteiger partial charge on any atom is -0.381 e. The number of carbonyl (C=O) groups excluding carboxylic acids is 1. The molecular formula is C10H8Br2O2S. The number of Topliss-reactive ketones (excluding diaryl/α,β-unsaturated/α-hetero) is 1. The number of thiophene rings is 1. The fourth-order valence-electron chi connectivity index (χ4n) is 2.27. The number of hydrogen-bond acceptors (Lipinski definition) is 3. The molecule has 0 amide bonds. The summed E-state index contributed by atoms with van der Waals surface area (Å²) in [5.74, 6) is 1.49. The predicted molar refractivity (Wildman–Crippen MR) is 65.3 cm³/mol. The van der Waals surface area contributed by atoms with Gasteiger partial charge >= 0.3 is 0 Å². The van der Waals surface area contributed by atoms with Crippen LogP contribution in [0, 0.1) is 17.8 Å². The largest absolute Gasteiger partial charge is 0.381 e. The van der Waals surface area contributed by atoms with E-state index >= 15 is 0 Å². The highest BCUT2D eigenvalue weighted by Crippen LogP contribution is 2.53. The lowest BCUT2D eigenvalue weighted by Gasteiger charge is -2.02. The van der Waals surface area contributed by atoms with Crippen LogP contribution in [0.1, 0.15) is 9.67 Å². The van der Waals surface area contributed by atoms with Crippen molar-refractivity contribution in [3.8, 4) is 0 Å². The Hall–Kier alpha value is 0.290. The van der Waals surface area contributed by atoms with E-state index in [2.05, 4.69) is 31.9 Å². The first-order valence-electron chi connectivity index (χ1n) is 4.74. The van der Waals surface area contributed by atoms with Crippen molar-refractivity contribution in [1.29, 1.82) is 0 Å². The highest BCUT2D eigenvalue weighted by atomic mass is 79.9. The van der Waals surface area contributed by atoms with Gasteiger partial charge in [0.05, 0.1) is 22.6 Å². The lowest BCUT2D eigenvalue weighted by molar-refractivity contribution is 0.0896. The summed E-state index contributed by atoms with van der Waals surface area (Å²) in [5.41, 5.74) is 0. The van der Waals surface area contributed by atoms with E-state index in [1.54, 1.807) is 0 Å². The van der Waals surface area contributed by atoms with Gasteiger partial charge < -0.3 is 4.74 Å². The van der Waals surface area contributed by atoms with Crippen LogP contribution in [0.5, 0.6) is 0 Å². The molecular weight excluding hydrogens is 344 g/mol. The van der Waals surface area contributed by atoms with Crippen LogP contribution in [0.2, 0.25) is 0 Å². The topological polar surface area (TPSA) is 26.3 Å². The number of rotatable bonds is 2. The predicted octanol–water partition coefficient (Wildman–Crippen LogP) is 3.35. The van der Waals surface area contributed by atoms with Gasteiger partial charge in [0.25, 0.3) is 0 Å². The zero-order valence-corrected chi connectivity index (χ0v) is 11.7. The van der Waals surface area contributed by atoms with Crippen LogP contribution >= 0.6 is 43.2 Å². The highest BCUT2D eigenvalue weighted by molar-refractivity contribution is 9.13. The van der Waals surface area contributed by atoms with E-state index < -0.39 is 0 Å². The van der Waals surface area contributed by atoms with Crippen molar-refractivity contribution in [3.63, 3.8) is 0 Å². The first-order valence-corrected chi connectivity index (χ1v) is 7.21. The van der Waals surface area contributed by atoms with Gasteiger partial charge in [0.2, 0.25) is 0 Å². The van der Waals surface area contributed by atoms with Crippen LogP contribution in [0.4, 0.5) is 0 Å². The molecule has 15 heavy (non-hydrogen) atoms. The normalized spacial score (nSPS) is 32.8. The highest BCUT2D eigenvalue weighted by Gasteiger charge is 2.58. The van der Waals surface area contributed by atoms with Crippen molar-refractivity contribution < 1.29 is 9.53 Å². The summed E-state index contributed by atoms with van der Waals surface area (Å²) < 4.78 is 7.16. The van der Waals surface area contributed by atoms with Gasteiger partial charge in [-0.1, -0.05) is 0 Å². The Morgan fingerprint density at radius 1 is 1.40 bits per heavy atom. The molecule has 3 rings (SSSR count). The molecule has 1 aromatic heterocycles. The zero-order valence-electron chi connectivity index (χ0n) is 7.70. The third kappa shape index (κ3) is 1.55. The average Bonchev–Trinajstić information content (AvgIpc) is 2.58. The molecule has 0 aromatic carbocycles. The molecule has 2 nitrogen and oxygen atoms in total. The van der Waals surface area contributed by atoms with Gasteiger partial charge in [0.15, 0.2) is 5.78 Å². The van der Waals surface area contributed by atoms with Crippen LogP contribution in [0.3, 0.4) is 0 Å². The van der Waals surface area contributed by atoms with E-state index in [1.165, 1.54) is 11.3 Å². The Morgan fingerprint density at radius 2 is 2.07 bits per heavy atom. The lowest BCUT2D eigenvalue weighted by Crippen LogP contribution is -2.08. The molecule has 2 fully saturated rings. The molecule has 5 heteroatoms. The molecule has 2 unspecified atom stereocenters. The molecule has 0 radical (unpaired) electrons. The Morgan fingerprint density at radius 3 is 2.60 bits per heavy atom. The van der Waals surface area contributed by atoms with Crippen molar-refractivity contribution >= 4 is 49.0 Å². The Balaban J connectivity index is 1.84. The van der Waals surface area contributed by atoms with Crippen LogP contribution in [-0.2, 0) is 4.74 Å². The summed E-state index contributed by atoms with van der Waals surface area (Å²) in [6.07, 6.45) is 0. The van der Waals surface area contributed by atoms with Crippen molar-refractivity contribution in [2.24, 2.45) is 17.8 Å². The van der Waals surface area contributed by atoms with Crippen LogP contribution in [0.15, 0.2) is 14.3 Å². The molecule has 0 N–H and O–H groups in total. The standard InChI is InChI=1S/C10H8Br2O2S/c11-6-3-15-10(8(6)12)9(13)7-4-1-14-2-5(4)7/h3-5,7H,1-2H2. The van der Waals surface area contributed by atoms with E-state index in [4.69, 9.17) is 4.74 Å². The third-order valence-electron chi connectivity index (χ3n) is 3.17. The molecule has 0 bridgehead atoms. The van der Waals surface area contributed by atoms with Gasteiger partial charge in [-0.05, 0) is 43.7 Å². The van der Waals surface area contributed by atoms with Gasteiger partial charge in [-0.3, -0.25) is 4.79 Å². The van der Waals surface area contributed by atoms with E-state index in [0.717, 1.165) is 27.0 Å². The number of halogens is 2. The molecule has 1 saturated carbocycles. The van der Waals surface area contributed by atoms with Crippen LogP contribution < -0.4 is 0 Å². The smallest absolute Gasteiger partial charge is 0.177 e. The molecule has 2 atom stereocenters. The minimum absolute atomic E-state index is 0.223. The Labute approximate surface area is 108 Å². The van der Waals surface area contributed by atoms with Gasteiger partial charge in [0, 0.05) is 15.8 Å². The molecule has 1 saturated heterocycles. The fraction of sp³-hybridized carbons (Fsp3) is 0.500. The molecule has 2 aliphatic rings. The third-order valence-corrected chi connectivity index (χ3v) is 6.71. The first kappa shape index (κ1) is 10.4. The number of fused-ring (bicyclic) bond motifs is 1. The van der Waals surface area contributed by atoms with Crippen molar-refractivity contribution in [2.45, 2.75) is 0 Å². The number of ketones is 1. The summed E-state index contributed by atoms with van der Waals surface area (Å²) >= 11 is 8.35. The molecule has 0 spiro atoms. The quantitative estimate of drug-likeness (QED) is 0.764. The monoisotopic (exact) mass is 350 g/mol. The van der Waals surface area contributed by atoms with E-state index in [-0.39, 0.29) is 11.7 Å². The van der Waals surface area contributed by atoms with Crippen molar-refractivity contribution in [2.75, 3.05) is 13.2 Å². The second kappa shape index (κ2) is 3.65. The number of carbonyl (C=O) groups is 1. The van der Waals surface area contributed by atoms with Crippen LogP contribution in [0.25, 0.3) is 0 Å². The molecule has 80 valence electrons. The summed E-state index contributed by atoms with van der Waals surface area (Å²) in [5, 5.41) is 1.95. The lowest BCUT2D eigenvalue weighted by atomic mass is 10.1. The van der Waals surface area contributed by atoms with E-state index in [1.807, 2.05) is 5.38 Å². The summed E-state index contributed by atoms with van der Waals surface area (Å²) in [6.45, 7) is 1.54. The van der Waals surface area contributed by atoms with Crippen molar-refractivity contribution in [3.05, 3.63) is 19.2 Å². The second-order valence-electron chi connectivity index (χ2n) is 3.98.